The molecule has 0 aliphatic carbocycles. The van der Waals surface area contributed by atoms with E-state index >= 15 is 0 Å². The molecule has 1 N–H and O–H groups in total. The summed E-state index contributed by atoms with van der Waals surface area (Å²) in [4.78, 5) is 0. The summed E-state index contributed by atoms with van der Waals surface area (Å²) in [5.41, 5.74) is 0. The van der Waals surface area contributed by atoms with E-state index in [1.54, 1.807) is 13.8 Å². The van der Waals surface area contributed by atoms with Crippen LogP contribution in [0.4, 0.5) is 0 Å². The molecule has 9 heavy (non-hydrogen) atoms. The number of hydrogen-bond donors (Lipinski definition) is 1. The fraction of sp³-hybridized carbons (Fsp3) is 0.714. The second kappa shape index (κ2) is 4.39. The van der Waals surface area contributed by atoms with Crippen molar-refractivity contribution in [3.05, 3.63) is 12.3 Å². The smallest absolute Gasteiger partial charge is 0.0901 e. The maximum Gasteiger partial charge on any atom is 0.0901 e. The standard InChI is InChI=1S/C7H14O2/c1-6(2)9-5-4-7(3)8/h7-8H,1,4-5H2,2-3H3. The van der Waals surface area contributed by atoms with Crippen molar-refractivity contribution in [1.82, 2.24) is 0 Å². The summed E-state index contributed by atoms with van der Waals surface area (Å²) in [6, 6.07) is 0. The Morgan fingerprint density at radius 3 is 2.67 bits per heavy atom. The lowest BCUT2D eigenvalue weighted by molar-refractivity contribution is 0.129. The molecular formula is C7H14O2. The van der Waals surface area contributed by atoms with Crippen molar-refractivity contribution in [1.29, 1.82) is 0 Å². The molecule has 1 atom stereocenters. The second-order valence-corrected chi connectivity index (χ2v) is 2.19. The van der Waals surface area contributed by atoms with E-state index in [0.717, 1.165) is 0 Å². The Hall–Kier alpha value is -0.500. The normalized spacial score (nSPS) is 12.8. The van der Waals surface area contributed by atoms with Crippen LogP contribution in [0.3, 0.4) is 0 Å². The molecule has 0 aromatic rings. The Labute approximate surface area is 56.1 Å². The lowest BCUT2D eigenvalue weighted by Gasteiger charge is -2.05. The van der Waals surface area contributed by atoms with E-state index in [1.807, 2.05) is 0 Å². The quantitative estimate of drug-likeness (QED) is 0.581. The lowest BCUT2D eigenvalue weighted by atomic mass is 10.3. The van der Waals surface area contributed by atoms with Crippen molar-refractivity contribution in [3.63, 3.8) is 0 Å². The summed E-state index contributed by atoms with van der Waals surface area (Å²) in [5.74, 6) is 0.704. The first kappa shape index (κ1) is 8.50. The number of rotatable bonds is 4. The number of allylic oxidation sites excluding steroid dienone is 1. The highest BCUT2D eigenvalue weighted by Gasteiger charge is 1.93. The fourth-order valence-electron chi connectivity index (χ4n) is 0.404. The van der Waals surface area contributed by atoms with Crippen molar-refractivity contribution in [2.45, 2.75) is 26.4 Å². The third-order valence-corrected chi connectivity index (χ3v) is 0.884. The monoisotopic (exact) mass is 130 g/mol. The van der Waals surface area contributed by atoms with Crippen LogP contribution in [0.2, 0.25) is 0 Å². The number of aliphatic hydroxyl groups excluding tert-OH is 1. The summed E-state index contributed by atoms with van der Waals surface area (Å²) in [5, 5.41) is 8.76. The van der Waals surface area contributed by atoms with Gasteiger partial charge in [-0.2, -0.15) is 0 Å². The van der Waals surface area contributed by atoms with E-state index in [4.69, 9.17) is 9.84 Å². The molecule has 2 heteroatoms. The molecule has 0 aliphatic heterocycles. The molecule has 0 saturated heterocycles. The van der Waals surface area contributed by atoms with Gasteiger partial charge in [-0.25, -0.2) is 0 Å². The zero-order valence-corrected chi connectivity index (χ0v) is 6.05. The van der Waals surface area contributed by atoms with Gasteiger partial charge in [0.25, 0.3) is 0 Å². The minimum Gasteiger partial charge on any atom is -0.499 e. The van der Waals surface area contributed by atoms with Crippen molar-refractivity contribution < 1.29 is 9.84 Å². The maximum absolute atomic E-state index is 8.76. The molecule has 0 saturated carbocycles. The highest BCUT2D eigenvalue weighted by atomic mass is 16.5. The molecule has 0 aliphatic rings. The molecule has 1 unspecified atom stereocenters. The Bertz CT molecular complexity index is 86.9. The van der Waals surface area contributed by atoms with Crippen LogP contribution in [0, 0.1) is 0 Å². The van der Waals surface area contributed by atoms with E-state index in [9.17, 15) is 0 Å². The molecule has 0 radical (unpaired) electrons. The summed E-state index contributed by atoms with van der Waals surface area (Å²) in [6.07, 6.45) is 0.400. The molecule has 0 aromatic carbocycles. The molecule has 0 fully saturated rings. The molecule has 0 heterocycles. The highest BCUT2D eigenvalue weighted by Crippen LogP contribution is 1.94. The summed E-state index contributed by atoms with van der Waals surface area (Å²) < 4.78 is 5.00. The average Bonchev–Trinajstić information content (AvgIpc) is 1.63. The van der Waals surface area contributed by atoms with Gasteiger partial charge in [-0.3, -0.25) is 0 Å². The fourth-order valence-corrected chi connectivity index (χ4v) is 0.404. The van der Waals surface area contributed by atoms with E-state index in [-0.39, 0.29) is 6.10 Å². The van der Waals surface area contributed by atoms with Gasteiger partial charge < -0.3 is 9.84 Å². The Morgan fingerprint density at radius 2 is 2.33 bits per heavy atom. The molecule has 0 amide bonds. The largest absolute Gasteiger partial charge is 0.499 e. The Kier molecular flexibility index (Phi) is 4.14. The van der Waals surface area contributed by atoms with Crippen LogP contribution in [-0.4, -0.2) is 17.8 Å². The van der Waals surface area contributed by atoms with Gasteiger partial charge in [0.05, 0.1) is 18.5 Å². The average molecular weight is 130 g/mol. The number of hydrogen-bond acceptors (Lipinski definition) is 2. The van der Waals surface area contributed by atoms with Crippen LogP contribution in [0.1, 0.15) is 20.3 Å². The maximum atomic E-state index is 8.76. The summed E-state index contributed by atoms with van der Waals surface area (Å²) in [6.45, 7) is 7.64. The van der Waals surface area contributed by atoms with Crippen molar-refractivity contribution in [2.75, 3.05) is 6.61 Å². The zero-order valence-electron chi connectivity index (χ0n) is 6.05. The molecule has 0 aromatic heterocycles. The van der Waals surface area contributed by atoms with Gasteiger partial charge in [-0.15, -0.1) is 0 Å². The van der Waals surface area contributed by atoms with Crippen molar-refractivity contribution in [3.8, 4) is 0 Å². The lowest BCUT2D eigenvalue weighted by Crippen LogP contribution is -2.04. The molecule has 0 rings (SSSR count). The minimum absolute atomic E-state index is 0.274. The van der Waals surface area contributed by atoms with Crippen LogP contribution < -0.4 is 0 Å². The van der Waals surface area contributed by atoms with Gasteiger partial charge in [0.15, 0.2) is 0 Å². The second-order valence-electron chi connectivity index (χ2n) is 2.19. The zero-order chi connectivity index (χ0) is 7.28. The Balaban J connectivity index is 3.01. The van der Waals surface area contributed by atoms with Crippen molar-refractivity contribution in [2.24, 2.45) is 0 Å². The van der Waals surface area contributed by atoms with Crippen LogP contribution >= 0.6 is 0 Å². The first-order chi connectivity index (χ1) is 4.13. The Morgan fingerprint density at radius 1 is 1.78 bits per heavy atom. The van der Waals surface area contributed by atoms with E-state index in [1.165, 1.54) is 0 Å². The van der Waals surface area contributed by atoms with Crippen molar-refractivity contribution >= 4 is 0 Å². The van der Waals surface area contributed by atoms with Gasteiger partial charge in [0.2, 0.25) is 0 Å². The van der Waals surface area contributed by atoms with Gasteiger partial charge >= 0.3 is 0 Å². The first-order valence-electron chi connectivity index (χ1n) is 3.09. The van der Waals surface area contributed by atoms with Crippen LogP contribution in [-0.2, 0) is 4.74 Å². The van der Waals surface area contributed by atoms with Crippen LogP contribution in [0.5, 0.6) is 0 Å². The van der Waals surface area contributed by atoms with Gasteiger partial charge in [0, 0.05) is 6.42 Å². The highest BCUT2D eigenvalue weighted by molar-refractivity contribution is 4.73. The predicted molar refractivity (Wildman–Crippen MR) is 37.1 cm³/mol. The van der Waals surface area contributed by atoms with Crippen LogP contribution in [0.25, 0.3) is 0 Å². The van der Waals surface area contributed by atoms with Crippen LogP contribution in [0.15, 0.2) is 12.3 Å². The van der Waals surface area contributed by atoms with E-state index in [0.29, 0.717) is 18.8 Å². The third kappa shape index (κ3) is 7.50. The topological polar surface area (TPSA) is 29.5 Å². The molecular weight excluding hydrogens is 116 g/mol. The van der Waals surface area contributed by atoms with Gasteiger partial charge in [0.1, 0.15) is 0 Å². The first-order valence-corrected chi connectivity index (χ1v) is 3.09. The molecule has 0 bridgehead atoms. The van der Waals surface area contributed by atoms with E-state index < -0.39 is 0 Å². The summed E-state index contributed by atoms with van der Waals surface area (Å²) >= 11 is 0. The number of aliphatic hydroxyl groups is 1. The third-order valence-electron chi connectivity index (χ3n) is 0.884. The van der Waals surface area contributed by atoms with E-state index in [2.05, 4.69) is 6.58 Å². The minimum atomic E-state index is -0.274. The van der Waals surface area contributed by atoms with Gasteiger partial charge in [-0.1, -0.05) is 6.58 Å². The number of ether oxygens (including phenoxy) is 1. The summed E-state index contributed by atoms with van der Waals surface area (Å²) in [7, 11) is 0. The van der Waals surface area contributed by atoms with Gasteiger partial charge in [-0.05, 0) is 13.8 Å². The SMILES string of the molecule is C=C(C)OCCC(C)O. The molecule has 54 valence electrons. The molecule has 0 spiro atoms. The predicted octanol–water partition coefficient (Wildman–Crippen LogP) is 1.31. The molecule has 2 nitrogen and oxygen atoms in total.